The number of fused-ring (bicyclic) bond motifs is 10. The Labute approximate surface area is 541 Å². The Hall–Kier alpha value is -10.1. The lowest BCUT2D eigenvalue weighted by Crippen LogP contribution is -2.61. The van der Waals surface area contributed by atoms with Crippen molar-refractivity contribution in [3.63, 3.8) is 0 Å². The molecule has 2 aliphatic rings. The van der Waals surface area contributed by atoms with Gasteiger partial charge < -0.3 is 18.8 Å². The van der Waals surface area contributed by atoms with Crippen LogP contribution in [0.4, 0.5) is 34.1 Å². The van der Waals surface area contributed by atoms with E-state index in [2.05, 4.69) is 175 Å². The maximum Gasteiger partial charge on any atom is 0.252 e. The molecule has 430 valence electrons. The van der Waals surface area contributed by atoms with Crippen LogP contribution in [0.25, 0.3) is 93.9 Å². The molecule has 0 atom stereocenters. The third kappa shape index (κ3) is 8.95. The van der Waals surface area contributed by atoms with Gasteiger partial charge in [-0.1, -0.05) is 256 Å². The molecule has 2 aromatic heterocycles. The minimum Gasteiger partial charge on any atom is -0.452 e. The van der Waals surface area contributed by atoms with Crippen LogP contribution in [0.2, 0.25) is 0 Å². The molecule has 0 bridgehead atoms. The third-order valence-electron chi connectivity index (χ3n) is 18.1. The normalized spacial score (nSPS) is 15.2. The number of benzene rings is 12. The van der Waals surface area contributed by atoms with Gasteiger partial charge in [0, 0.05) is 50.0 Å². The zero-order chi connectivity index (χ0) is 72.0. The van der Waals surface area contributed by atoms with E-state index < -0.39 is 78.6 Å². The van der Waals surface area contributed by atoms with Crippen LogP contribution < -0.4 is 26.2 Å². The minimum atomic E-state index is -0.533. The number of hydrogen-bond donors (Lipinski definition) is 0. The highest BCUT2D eigenvalue weighted by atomic mass is 16.3. The van der Waals surface area contributed by atoms with E-state index >= 15 is 0 Å². The van der Waals surface area contributed by atoms with Gasteiger partial charge in [0.25, 0.3) is 6.71 Å². The van der Waals surface area contributed by atoms with Crippen molar-refractivity contribution in [3.8, 4) is 50.2 Å². The molecular weight excluding hydrogens is 1080 g/mol. The molecule has 0 unspecified atom stereocenters. The van der Waals surface area contributed by atoms with Crippen LogP contribution in [0.5, 0.6) is 0 Å². The molecule has 0 N–H and O–H groups in total. The number of aromatic nitrogens is 1. The van der Waals surface area contributed by atoms with Crippen molar-refractivity contribution in [2.45, 2.75) is 78.6 Å². The van der Waals surface area contributed by atoms with Crippen LogP contribution in [-0.2, 0) is 16.2 Å². The van der Waals surface area contributed by atoms with Crippen LogP contribution in [0.1, 0.15) is 96.8 Å². The number of hydrogen-bond acceptors (Lipinski definition) is 3. The third-order valence-corrected chi connectivity index (χ3v) is 18.1. The van der Waals surface area contributed by atoms with E-state index in [1.165, 1.54) is 15.7 Å². The molecule has 0 radical (unpaired) electrons. The zero-order valence-corrected chi connectivity index (χ0v) is 51.1. The predicted molar refractivity (Wildman–Crippen MR) is 380 cm³/mol. The Balaban J connectivity index is 1.04. The Morgan fingerprint density at radius 2 is 0.787 bits per heavy atom. The molecule has 16 rings (SSSR count). The van der Waals surface area contributed by atoms with Gasteiger partial charge in [-0.3, -0.25) is 0 Å². The lowest BCUT2D eigenvalue weighted by atomic mass is 9.33. The van der Waals surface area contributed by atoms with Crippen molar-refractivity contribution in [2.24, 2.45) is 0 Å². The number of nitrogens with zero attached hydrogens (tertiary/aromatic N) is 3. The van der Waals surface area contributed by atoms with Gasteiger partial charge in [0.1, 0.15) is 0 Å². The largest absolute Gasteiger partial charge is 0.452 e. The molecule has 0 spiro atoms. The van der Waals surface area contributed by atoms with Gasteiger partial charge in [0.15, 0.2) is 11.2 Å². The van der Waals surface area contributed by atoms with Crippen molar-refractivity contribution in [2.75, 3.05) is 9.80 Å². The lowest BCUT2D eigenvalue weighted by Gasteiger charge is -2.45. The molecule has 0 saturated heterocycles. The van der Waals surface area contributed by atoms with Crippen LogP contribution >= 0.6 is 0 Å². The summed E-state index contributed by atoms with van der Waals surface area (Å²) in [5.41, 5.74) is 17.5. The van der Waals surface area contributed by atoms with E-state index in [4.69, 9.17) is 14.0 Å². The fourth-order valence-corrected chi connectivity index (χ4v) is 13.5. The Morgan fingerprint density at radius 1 is 0.326 bits per heavy atom. The van der Waals surface area contributed by atoms with E-state index in [9.17, 15) is 8.22 Å². The smallest absolute Gasteiger partial charge is 0.252 e. The van der Waals surface area contributed by atoms with Gasteiger partial charge in [0.2, 0.25) is 0 Å². The summed E-state index contributed by atoms with van der Waals surface area (Å²) in [6.07, 6.45) is 0. The molecule has 0 fully saturated rings. The summed E-state index contributed by atoms with van der Waals surface area (Å²) in [5, 5.41) is 1.27. The van der Waals surface area contributed by atoms with Gasteiger partial charge in [-0.2, -0.15) is 0 Å². The SMILES string of the molecule is [2H]c1c([2H])c([2H])c(-c2ccc3c(c2)N(c2cc(-c4ccccc4)cc(-c4ccccc4)c2)c2cc(C(C)(C)C)cc4c2B3c2ccc(-c3cc(C(C)(C)C)cc(C(C)(C)C)c3)cc2N4c2cccc3c2oc2c(-n4c5c([2H])c([2H])c([2H])c([2H])c5c5c([2H])c([2H])c([2H])c([2H])c54)cccc23)c([2H])c1[2H]. The molecular formula is C84H70BN3O. The van der Waals surface area contributed by atoms with Crippen molar-refractivity contribution >= 4 is 101 Å². The first-order chi connectivity index (χ1) is 48.4. The molecule has 0 aliphatic carbocycles. The summed E-state index contributed by atoms with van der Waals surface area (Å²) in [4.78, 5) is 4.61. The standard InChI is InChI=1S/C84H70BN3O/c1-82(2,3)61-44-60(45-62(50-61)83(4,5)6)57-40-42-70-76(49-57)88(74-38-24-34-68-67-33-23-37-73(80(67)89-81(68)74)87-71-35-21-19-31-65(71)66-32-20-22-36-72(66)87)78-52-63(84(7,8)9)51-77-79(78)85(70)69-41-39-56(53-25-13-10-14-26-53)48-75(69)86(77)64-46-58(54-27-15-11-16-28-54)43-59(47-64)55-29-17-12-18-30-55/h10-52H,1-9H3/i10D,13D,14D,19D,20D,21D,22D,25D,26D,31D,32D,35D,36D. The summed E-state index contributed by atoms with van der Waals surface area (Å²) < 4.78 is 127. The highest BCUT2D eigenvalue weighted by Gasteiger charge is 2.45. The molecule has 12 aromatic carbocycles. The number of furan rings is 1. The highest BCUT2D eigenvalue weighted by molar-refractivity contribution is 7.00. The quantitative estimate of drug-likeness (QED) is 0.149. The first-order valence-electron chi connectivity index (χ1n) is 36.9. The van der Waals surface area contributed by atoms with Crippen LogP contribution in [0.15, 0.2) is 265 Å². The molecule has 89 heavy (non-hydrogen) atoms. The van der Waals surface area contributed by atoms with Gasteiger partial charge >= 0.3 is 0 Å². The van der Waals surface area contributed by atoms with E-state index in [0.29, 0.717) is 38.9 Å². The van der Waals surface area contributed by atoms with Crippen molar-refractivity contribution in [1.29, 1.82) is 0 Å². The molecule has 2 aliphatic heterocycles. The Kier molecular flexibility index (Phi) is 9.53. The maximum absolute atomic E-state index is 9.50. The monoisotopic (exact) mass is 1160 g/mol. The molecule has 4 nitrogen and oxygen atoms in total. The van der Waals surface area contributed by atoms with Crippen molar-refractivity contribution < 1.29 is 22.2 Å². The summed E-state index contributed by atoms with van der Waals surface area (Å²) in [7, 11) is 0. The van der Waals surface area contributed by atoms with Gasteiger partial charge in [-0.15, -0.1) is 0 Å². The summed E-state index contributed by atoms with van der Waals surface area (Å²) in [5.74, 6) is 0. The lowest BCUT2D eigenvalue weighted by molar-refractivity contribution is 0.569. The minimum absolute atomic E-state index is 0.0223. The fourth-order valence-electron chi connectivity index (χ4n) is 13.5. The van der Waals surface area contributed by atoms with Crippen molar-refractivity contribution in [3.05, 3.63) is 277 Å². The molecule has 14 aromatic rings. The summed E-state index contributed by atoms with van der Waals surface area (Å²) >= 11 is 0. The van der Waals surface area contributed by atoms with E-state index in [-0.39, 0.29) is 50.3 Å². The first-order valence-corrected chi connectivity index (χ1v) is 30.4. The second-order valence-electron chi connectivity index (χ2n) is 26.8. The second kappa shape index (κ2) is 20.2. The molecule has 4 heterocycles. The average Bonchev–Trinajstić information content (AvgIpc) is 1.09. The zero-order valence-electron chi connectivity index (χ0n) is 64.1. The first kappa shape index (κ1) is 41.9. The van der Waals surface area contributed by atoms with E-state index in [0.717, 1.165) is 83.8 Å². The van der Waals surface area contributed by atoms with Crippen molar-refractivity contribution in [1.82, 2.24) is 4.57 Å². The van der Waals surface area contributed by atoms with Crippen LogP contribution in [0.3, 0.4) is 0 Å². The number of anilines is 6. The van der Waals surface area contributed by atoms with E-state index in [1.54, 1.807) is 6.07 Å². The molecule has 0 saturated carbocycles. The highest BCUT2D eigenvalue weighted by Crippen LogP contribution is 2.51. The average molecular weight is 1160 g/mol. The van der Waals surface area contributed by atoms with Crippen LogP contribution in [0, 0.1) is 0 Å². The van der Waals surface area contributed by atoms with Gasteiger partial charge in [-0.05, 0) is 161 Å². The number of rotatable bonds is 7. The predicted octanol–water partition coefficient (Wildman–Crippen LogP) is 21.3. The number of para-hydroxylation sites is 4. The summed E-state index contributed by atoms with van der Waals surface area (Å²) in [6.45, 7) is 19.5. The van der Waals surface area contributed by atoms with E-state index in [1.807, 2.05) is 72.8 Å². The second-order valence-corrected chi connectivity index (χ2v) is 26.8. The molecule has 5 heteroatoms. The van der Waals surface area contributed by atoms with Gasteiger partial charge in [-0.25, -0.2) is 0 Å². The fraction of sp³-hybridized carbons (Fsp3) is 0.143. The topological polar surface area (TPSA) is 24.6 Å². The van der Waals surface area contributed by atoms with Gasteiger partial charge in [0.05, 0.1) is 40.2 Å². The Morgan fingerprint density at radius 3 is 1.34 bits per heavy atom. The molecule has 0 amide bonds. The maximum atomic E-state index is 9.50. The Bertz CT molecular complexity index is 5770. The summed E-state index contributed by atoms with van der Waals surface area (Å²) in [6, 6.07) is 57.2. The van der Waals surface area contributed by atoms with Crippen LogP contribution in [-0.4, -0.2) is 11.3 Å².